The standard InChI is InChI=1S/C21H25N5O4/c1-21(2,3)17(27)9-13-11-26(24-23-13)14-4-5-15-12(8-14)10-25(20(15)30)16-6-7-18(28)22-19(16)29/h4-5,8,11,16-17,27H,6-7,9-10H2,1-3H3,(H,22,28,29). The molecule has 0 radical (unpaired) electrons. The SMILES string of the molecule is CC(C)(C)C(O)Cc1cn(-c2ccc3c(c2)CN(C2CCC(=O)NC2=O)C3=O)nn1. The quantitative estimate of drug-likeness (QED) is 0.724. The van der Waals surface area contributed by atoms with Crippen molar-refractivity contribution >= 4 is 17.7 Å². The fourth-order valence-corrected chi connectivity index (χ4v) is 3.73. The molecule has 4 rings (SSSR count). The van der Waals surface area contributed by atoms with Gasteiger partial charge in [0.05, 0.1) is 23.7 Å². The minimum absolute atomic E-state index is 0.210. The molecule has 1 fully saturated rings. The van der Waals surface area contributed by atoms with Gasteiger partial charge in [0.15, 0.2) is 0 Å². The third-order valence-corrected chi connectivity index (χ3v) is 5.71. The van der Waals surface area contributed by atoms with Crippen molar-refractivity contribution in [3.05, 3.63) is 41.2 Å². The van der Waals surface area contributed by atoms with Crippen molar-refractivity contribution in [3.63, 3.8) is 0 Å². The molecule has 0 saturated carbocycles. The van der Waals surface area contributed by atoms with Crippen LogP contribution in [0.25, 0.3) is 5.69 Å². The predicted molar refractivity (Wildman–Crippen MR) is 107 cm³/mol. The first-order valence-electron chi connectivity index (χ1n) is 10.0. The second kappa shape index (κ2) is 7.32. The van der Waals surface area contributed by atoms with E-state index in [1.165, 1.54) is 4.90 Å². The molecule has 2 aliphatic rings. The number of nitrogens with zero attached hydrogens (tertiary/aromatic N) is 4. The van der Waals surface area contributed by atoms with Gasteiger partial charge in [-0.3, -0.25) is 19.7 Å². The third kappa shape index (κ3) is 3.72. The molecule has 2 aliphatic heterocycles. The summed E-state index contributed by atoms with van der Waals surface area (Å²) in [6, 6.07) is 4.73. The number of rotatable bonds is 4. The number of amides is 3. The number of aliphatic hydroxyl groups excluding tert-OH is 1. The minimum Gasteiger partial charge on any atom is -0.392 e. The molecule has 2 aromatic rings. The van der Waals surface area contributed by atoms with Crippen LogP contribution in [0, 0.1) is 5.41 Å². The summed E-state index contributed by atoms with van der Waals surface area (Å²) in [5.41, 5.74) is 2.52. The Morgan fingerprint density at radius 1 is 1.27 bits per heavy atom. The van der Waals surface area contributed by atoms with Crippen LogP contribution in [-0.2, 0) is 22.6 Å². The van der Waals surface area contributed by atoms with Crippen LogP contribution in [0.3, 0.4) is 0 Å². The van der Waals surface area contributed by atoms with Gasteiger partial charge < -0.3 is 10.0 Å². The Labute approximate surface area is 174 Å². The van der Waals surface area contributed by atoms with Gasteiger partial charge in [-0.1, -0.05) is 26.0 Å². The molecule has 1 aromatic carbocycles. The molecule has 9 heteroatoms. The zero-order valence-corrected chi connectivity index (χ0v) is 17.3. The van der Waals surface area contributed by atoms with Gasteiger partial charge >= 0.3 is 0 Å². The van der Waals surface area contributed by atoms with E-state index in [0.717, 1.165) is 11.3 Å². The number of aliphatic hydroxyl groups is 1. The average molecular weight is 411 g/mol. The molecule has 2 unspecified atom stereocenters. The van der Waals surface area contributed by atoms with Crippen LogP contribution in [0.15, 0.2) is 24.4 Å². The van der Waals surface area contributed by atoms with Gasteiger partial charge in [0, 0.05) is 24.9 Å². The summed E-state index contributed by atoms with van der Waals surface area (Å²) in [7, 11) is 0. The largest absolute Gasteiger partial charge is 0.392 e. The van der Waals surface area contributed by atoms with Crippen LogP contribution in [0.5, 0.6) is 0 Å². The highest BCUT2D eigenvalue weighted by Gasteiger charge is 2.39. The van der Waals surface area contributed by atoms with Crippen LogP contribution in [0.4, 0.5) is 0 Å². The Kier molecular flexibility index (Phi) is 4.93. The maximum absolute atomic E-state index is 12.8. The van der Waals surface area contributed by atoms with E-state index in [-0.39, 0.29) is 23.7 Å². The molecule has 0 bridgehead atoms. The van der Waals surface area contributed by atoms with Crippen LogP contribution in [0.1, 0.15) is 55.2 Å². The Morgan fingerprint density at radius 2 is 2.03 bits per heavy atom. The zero-order valence-electron chi connectivity index (χ0n) is 17.3. The minimum atomic E-state index is -0.636. The summed E-state index contributed by atoms with van der Waals surface area (Å²) >= 11 is 0. The van der Waals surface area contributed by atoms with Crippen molar-refractivity contribution in [2.45, 2.75) is 58.7 Å². The topological polar surface area (TPSA) is 117 Å². The van der Waals surface area contributed by atoms with Crippen molar-refractivity contribution in [2.24, 2.45) is 5.41 Å². The first-order chi connectivity index (χ1) is 14.1. The van der Waals surface area contributed by atoms with Crippen molar-refractivity contribution in [1.82, 2.24) is 25.2 Å². The maximum atomic E-state index is 12.8. The highest BCUT2D eigenvalue weighted by molar-refractivity contribution is 6.05. The van der Waals surface area contributed by atoms with E-state index in [9.17, 15) is 19.5 Å². The number of carbonyl (C=O) groups excluding carboxylic acids is 3. The van der Waals surface area contributed by atoms with Crippen LogP contribution in [-0.4, -0.2) is 54.9 Å². The van der Waals surface area contributed by atoms with Gasteiger partial charge in [0.1, 0.15) is 6.04 Å². The number of carbonyl (C=O) groups is 3. The van der Waals surface area contributed by atoms with E-state index in [1.54, 1.807) is 23.0 Å². The lowest BCUT2D eigenvalue weighted by atomic mass is 9.87. The molecule has 158 valence electrons. The third-order valence-electron chi connectivity index (χ3n) is 5.71. The van der Waals surface area contributed by atoms with Crippen molar-refractivity contribution < 1.29 is 19.5 Å². The number of fused-ring (bicyclic) bond motifs is 1. The van der Waals surface area contributed by atoms with Crippen molar-refractivity contribution in [3.8, 4) is 5.69 Å². The van der Waals surface area contributed by atoms with Gasteiger partial charge in [-0.25, -0.2) is 4.68 Å². The summed E-state index contributed by atoms with van der Waals surface area (Å²) in [6.45, 7) is 6.20. The molecule has 30 heavy (non-hydrogen) atoms. The van der Waals surface area contributed by atoms with Crippen molar-refractivity contribution in [1.29, 1.82) is 0 Å². The average Bonchev–Trinajstić information content (AvgIpc) is 3.26. The molecule has 2 atom stereocenters. The monoisotopic (exact) mass is 411 g/mol. The summed E-state index contributed by atoms with van der Waals surface area (Å²) in [4.78, 5) is 37.9. The van der Waals surface area contributed by atoms with E-state index in [1.807, 2.05) is 26.8 Å². The smallest absolute Gasteiger partial charge is 0.255 e. The Hall–Kier alpha value is -3.07. The van der Waals surface area contributed by atoms with Gasteiger partial charge in [-0.2, -0.15) is 0 Å². The highest BCUT2D eigenvalue weighted by atomic mass is 16.3. The van der Waals surface area contributed by atoms with E-state index in [0.29, 0.717) is 30.6 Å². The van der Waals surface area contributed by atoms with Crippen molar-refractivity contribution in [2.75, 3.05) is 0 Å². The number of imide groups is 1. The number of hydrogen-bond donors (Lipinski definition) is 2. The van der Waals surface area contributed by atoms with Crippen LogP contribution < -0.4 is 5.32 Å². The first kappa shape index (κ1) is 20.2. The molecule has 0 spiro atoms. The number of aromatic nitrogens is 3. The van der Waals surface area contributed by atoms with Gasteiger partial charge in [-0.05, 0) is 35.6 Å². The lowest BCUT2D eigenvalue weighted by Gasteiger charge is -2.29. The maximum Gasteiger partial charge on any atom is 0.255 e. The normalized spacial score (nSPS) is 20.3. The fourth-order valence-electron chi connectivity index (χ4n) is 3.73. The number of nitrogens with one attached hydrogen (secondary N) is 1. The molecule has 1 aromatic heterocycles. The summed E-state index contributed by atoms with van der Waals surface area (Å²) < 4.78 is 1.62. The van der Waals surface area contributed by atoms with Gasteiger partial charge in [-0.15, -0.1) is 5.10 Å². The predicted octanol–water partition coefficient (Wildman–Crippen LogP) is 0.978. The molecule has 0 aliphatic carbocycles. The molecule has 2 N–H and O–H groups in total. The molecule has 1 saturated heterocycles. The molecular weight excluding hydrogens is 386 g/mol. The Balaban J connectivity index is 1.52. The lowest BCUT2D eigenvalue weighted by molar-refractivity contribution is -0.136. The molecular formula is C21H25N5O4. The molecule has 3 heterocycles. The number of benzene rings is 1. The summed E-state index contributed by atoms with van der Waals surface area (Å²) in [5, 5.41) is 20.9. The van der Waals surface area contributed by atoms with E-state index in [4.69, 9.17) is 0 Å². The van der Waals surface area contributed by atoms with E-state index < -0.39 is 18.1 Å². The highest BCUT2D eigenvalue weighted by Crippen LogP contribution is 2.29. The molecule has 3 amide bonds. The number of piperidine rings is 1. The number of hydrogen-bond acceptors (Lipinski definition) is 6. The second-order valence-electron chi connectivity index (χ2n) is 8.98. The summed E-state index contributed by atoms with van der Waals surface area (Å²) in [5.74, 6) is -0.939. The lowest BCUT2D eigenvalue weighted by Crippen LogP contribution is -2.52. The van der Waals surface area contributed by atoms with Crippen LogP contribution >= 0.6 is 0 Å². The van der Waals surface area contributed by atoms with Gasteiger partial charge in [0.25, 0.3) is 5.91 Å². The Bertz CT molecular complexity index is 1020. The second-order valence-corrected chi connectivity index (χ2v) is 8.98. The summed E-state index contributed by atoms with van der Waals surface area (Å²) in [6.07, 6.45) is 2.19. The fraction of sp³-hybridized carbons (Fsp3) is 0.476. The van der Waals surface area contributed by atoms with E-state index in [2.05, 4.69) is 15.6 Å². The first-order valence-corrected chi connectivity index (χ1v) is 10.0. The zero-order chi connectivity index (χ0) is 21.6. The Morgan fingerprint density at radius 3 is 2.73 bits per heavy atom. The molecule has 9 nitrogen and oxygen atoms in total. The van der Waals surface area contributed by atoms with E-state index >= 15 is 0 Å². The van der Waals surface area contributed by atoms with Crippen LogP contribution in [0.2, 0.25) is 0 Å². The van der Waals surface area contributed by atoms with Gasteiger partial charge in [0.2, 0.25) is 11.8 Å².